The number of halogens is 1. The molecule has 1 heterocycles. The van der Waals surface area contributed by atoms with Gasteiger partial charge in [-0.05, 0) is 12.1 Å². The maximum atomic E-state index is 9.78. The van der Waals surface area contributed by atoms with E-state index in [0.717, 1.165) is 0 Å². The third kappa shape index (κ3) is 2.55. The van der Waals surface area contributed by atoms with Gasteiger partial charge in [0.15, 0.2) is 0 Å². The largest absolute Gasteiger partial charge is 0.461 e. The number of nitrogens with zero attached hydrogens (tertiary/aromatic N) is 1. The van der Waals surface area contributed by atoms with E-state index < -0.39 is 0 Å². The summed E-state index contributed by atoms with van der Waals surface area (Å²) in [5.41, 5.74) is 0.643. The molecule has 0 saturated heterocycles. The third-order valence-corrected chi connectivity index (χ3v) is 1.31. The molecule has 0 aliphatic rings. The van der Waals surface area contributed by atoms with E-state index in [1.165, 1.54) is 0 Å². The van der Waals surface area contributed by atoms with Crippen LogP contribution in [0.3, 0.4) is 0 Å². The van der Waals surface area contributed by atoms with Crippen LogP contribution in [0.4, 0.5) is 0 Å². The lowest BCUT2D eigenvalue weighted by Crippen LogP contribution is -1.92. The summed E-state index contributed by atoms with van der Waals surface area (Å²) in [7, 11) is 0. The standard InChI is InChI=1S/C7H6ClNO2/c8-6-1-2-9-7(3-6)4-11-5-10/h1-3,5H,4H2. The van der Waals surface area contributed by atoms with Crippen molar-refractivity contribution in [2.75, 3.05) is 0 Å². The third-order valence-electron chi connectivity index (χ3n) is 1.08. The molecule has 0 unspecified atom stereocenters. The fourth-order valence-corrected chi connectivity index (χ4v) is 0.829. The minimum Gasteiger partial charge on any atom is -0.461 e. The number of aromatic nitrogens is 1. The highest BCUT2D eigenvalue weighted by Gasteiger charge is 1.94. The Hall–Kier alpha value is -1.09. The Kier molecular flexibility index (Phi) is 2.86. The van der Waals surface area contributed by atoms with Crippen LogP contribution in [0.1, 0.15) is 5.69 Å². The van der Waals surface area contributed by atoms with E-state index in [9.17, 15) is 4.79 Å². The van der Waals surface area contributed by atoms with E-state index >= 15 is 0 Å². The SMILES string of the molecule is O=COCc1cc(Cl)ccn1. The second kappa shape index (κ2) is 3.93. The van der Waals surface area contributed by atoms with Gasteiger partial charge in [-0.25, -0.2) is 0 Å². The topological polar surface area (TPSA) is 39.2 Å². The fourth-order valence-electron chi connectivity index (χ4n) is 0.647. The molecular formula is C7H6ClNO2. The van der Waals surface area contributed by atoms with E-state index in [1.807, 2.05) is 0 Å². The Labute approximate surface area is 69.0 Å². The normalized spacial score (nSPS) is 9.18. The number of hydrogen-bond acceptors (Lipinski definition) is 3. The molecule has 0 saturated carbocycles. The number of ether oxygens (including phenoxy) is 1. The molecule has 0 spiro atoms. The predicted octanol–water partition coefficient (Wildman–Crippen LogP) is 1.41. The van der Waals surface area contributed by atoms with Crippen molar-refractivity contribution in [3.8, 4) is 0 Å². The summed E-state index contributed by atoms with van der Waals surface area (Å²) in [6.45, 7) is 0.548. The van der Waals surface area contributed by atoms with Gasteiger partial charge < -0.3 is 4.74 Å². The Balaban J connectivity index is 2.63. The van der Waals surface area contributed by atoms with Crippen molar-refractivity contribution in [3.05, 3.63) is 29.0 Å². The van der Waals surface area contributed by atoms with Crippen molar-refractivity contribution in [1.29, 1.82) is 0 Å². The molecule has 0 aliphatic carbocycles. The van der Waals surface area contributed by atoms with Gasteiger partial charge in [0, 0.05) is 11.2 Å². The van der Waals surface area contributed by atoms with Crippen LogP contribution in [0, 0.1) is 0 Å². The highest BCUT2D eigenvalue weighted by Crippen LogP contribution is 2.07. The van der Waals surface area contributed by atoms with Gasteiger partial charge in [-0.15, -0.1) is 0 Å². The lowest BCUT2D eigenvalue weighted by atomic mass is 10.4. The molecule has 11 heavy (non-hydrogen) atoms. The molecule has 0 amide bonds. The summed E-state index contributed by atoms with van der Waals surface area (Å²) in [6, 6.07) is 3.30. The lowest BCUT2D eigenvalue weighted by Gasteiger charge is -1.97. The molecule has 3 nitrogen and oxygen atoms in total. The van der Waals surface area contributed by atoms with Crippen molar-refractivity contribution >= 4 is 18.1 Å². The van der Waals surface area contributed by atoms with Crippen molar-refractivity contribution in [3.63, 3.8) is 0 Å². The van der Waals surface area contributed by atoms with Crippen LogP contribution in [0.15, 0.2) is 18.3 Å². The Bertz CT molecular complexity index is 252. The van der Waals surface area contributed by atoms with Gasteiger partial charge in [0.25, 0.3) is 6.47 Å². The summed E-state index contributed by atoms with van der Waals surface area (Å²) < 4.78 is 4.47. The van der Waals surface area contributed by atoms with Crippen LogP contribution in [0.25, 0.3) is 0 Å². The van der Waals surface area contributed by atoms with Gasteiger partial charge >= 0.3 is 0 Å². The van der Waals surface area contributed by atoms with Gasteiger partial charge in [-0.1, -0.05) is 11.6 Å². The zero-order valence-corrected chi connectivity index (χ0v) is 6.41. The van der Waals surface area contributed by atoms with Gasteiger partial charge in [-0.2, -0.15) is 0 Å². The molecule has 4 heteroatoms. The summed E-state index contributed by atoms with van der Waals surface area (Å²) in [4.78, 5) is 13.7. The Morgan fingerprint density at radius 1 is 1.73 bits per heavy atom. The van der Waals surface area contributed by atoms with Gasteiger partial charge in [-0.3, -0.25) is 9.78 Å². The molecule has 0 aromatic carbocycles. The maximum Gasteiger partial charge on any atom is 0.293 e. The van der Waals surface area contributed by atoms with Crippen molar-refractivity contribution in [1.82, 2.24) is 4.98 Å². The average molecular weight is 172 g/mol. The zero-order chi connectivity index (χ0) is 8.10. The molecular weight excluding hydrogens is 166 g/mol. The van der Waals surface area contributed by atoms with Gasteiger partial charge in [0.1, 0.15) is 6.61 Å². The average Bonchev–Trinajstić information content (AvgIpc) is 2.01. The Morgan fingerprint density at radius 3 is 3.18 bits per heavy atom. The quantitative estimate of drug-likeness (QED) is 0.646. The predicted molar refractivity (Wildman–Crippen MR) is 40.1 cm³/mol. The van der Waals surface area contributed by atoms with Crippen molar-refractivity contribution in [2.45, 2.75) is 6.61 Å². The first kappa shape index (κ1) is 8.01. The number of hydrogen-bond donors (Lipinski definition) is 0. The second-order valence-corrected chi connectivity index (χ2v) is 2.31. The van der Waals surface area contributed by atoms with E-state index in [-0.39, 0.29) is 6.61 Å². The number of rotatable bonds is 3. The van der Waals surface area contributed by atoms with E-state index in [0.29, 0.717) is 17.2 Å². The molecule has 58 valence electrons. The van der Waals surface area contributed by atoms with Crippen LogP contribution in [-0.2, 0) is 16.1 Å². The fraction of sp³-hybridized carbons (Fsp3) is 0.143. The first-order valence-corrected chi connectivity index (χ1v) is 3.36. The van der Waals surface area contributed by atoms with Crippen molar-refractivity contribution < 1.29 is 9.53 Å². The van der Waals surface area contributed by atoms with E-state index in [1.54, 1.807) is 18.3 Å². The molecule has 0 N–H and O–H groups in total. The molecule has 1 aromatic heterocycles. The summed E-state index contributed by atoms with van der Waals surface area (Å²) >= 11 is 5.64. The Morgan fingerprint density at radius 2 is 2.55 bits per heavy atom. The summed E-state index contributed by atoms with van der Waals surface area (Å²) in [5, 5.41) is 0.587. The van der Waals surface area contributed by atoms with E-state index in [4.69, 9.17) is 11.6 Å². The summed E-state index contributed by atoms with van der Waals surface area (Å²) in [5.74, 6) is 0. The van der Waals surface area contributed by atoms with Crippen LogP contribution in [-0.4, -0.2) is 11.5 Å². The van der Waals surface area contributed by atoms with Crippen LogP contribution in [0.2, 0.25) is 5.02 Å². The molecule has 0 atom stereocenters. The van der Waals surface area contributed by atoms with Gasteiger partial charge in [0.05, 0.1) is 5.69 Å². The minimum absolute atomic E-state index is 0.171. The molecule has 1 aromatic rings. The van der Waals surface area contributed by atoms with Crippen LogP contribution in [0.5, 0.6) is 0 Å². The minimum atomic E-state index is 0.171. The lowest BCUT2D eigenvalue weighted by molar-refractivity contribution is -0.129. The zero-order valence-electron chi connectivity index (χ0n) is 5.66. The van der Waals surface area contributed by atoms with Crippen molar-refractivity contribution in [2.24, 2.45) is 0 Å². The number of carbonyl (C=O) groups is 1. The molecule has 0 radical (unpaired) electrons. The van der Waals surface area contributed by atoms with E-state index in [2.05, 4.69) is 9.72 Å². The molecule has 0 fully saturated rings. The van der Waals surface area contributed by atoms with Gasteiger partial charge in [0.2, 0.25) is 0 Å². The maximum absolute atomic E-state index is 9.78. The molecule has 0 aliphatic heterocycles. The van der Waals surface area contributed by atoms with Crippen LogP contribution >= 0.6 is 11.6 Å². The monoisotopic (exact) mass is 171 g/mol. The first-order valence-electron chi connectivity index (χ1n) is 2.98. The highest BCUT2D eigenvalue weighted by molar-refractivity contribution is 6.30. The van der Waals surface area contributed by atoms with Crippen LogP contribution < -0.4 is 0 Å². The number of carbonyl (C=O) groups excluding carboxylic acids is 1. The smallest absolute Gasteiger partial charge is 0.293 e. The number of pyridine rings is 1. The first-order chi connectivity index (χ1) is 5.33. The molecule has 1 rings (SSSR count). The molecule has 0 bridgehead atoms. The highest BCUT2D eigenvalue weighted by atomic mass is 35.5. The summed E-state index contributed by atoms with van der Waals surface area (Å²) in [6.07, 6.45) is 1.56. The second-order valence-electron chi connectivity index (χ2n) is 1.87.